The topological polar surface area (TPSA) is 75.2 Å². The minimum atomic E-state index is -0.827. The number of hydrogen-bond donors (Lipinski definition) is 1. The third-order valence-corrected chi connectivity index (χ3v) is 6.18. The van der Waals surface area contributed by atoms with Gasteiger partial charge in [-0.15, -0.1) is 0 Å². The Morgan fingerprint density at radius 3 is 2.63 bits per heavy atom. The molecule has 3 aromatic rings. The SMILES string of the molecule is Cc1cc(C(=O)N2CCC3(C(=O)Nc4ccccc43)C2c2cccnc2)cc(C)n1. The molecule has 30 heavy (non-hydrogen) atoms. The highest BCUT2D eigenvalue weighted by molar-refractivity contribution is 6.08. The van der Waals surface area contributed by atoms with E-state index in [1.165, 1.54) is 0 Å². The monoisotopic (exact) mass is 398 g/mol. The molecule has 2 aliphatic rings. The fourth-order valence-corrected chi connectivity index (χ4v) is 5.03. The van der Waals surface area contributed by atoms with Crippen LogP contribution in [0.3, 0.4) is 0 Å². The van der Waals surface area contributed by atoms with Gasteiger partial charge in [-0.1, -0.05) is 24.3 Å². The normalized spacial score (nSPS) is 22.3. The first-order chi connectivity index (χ1) is 14.5. The van der Waals surface area contributed by atoms with E-state index < -0.39 is 11.5 Å². The lowest BCUT2D eigenvalue weighted by atomic mass is 9.73. The summed E-state index contributed by atoms with van der Waals surface area (Å²) in [6, 6.07) is 14.8. The van der Waals surface area contributed by atoms with Crippen LogP contribution >= 0.6 is 0 Å². The van der Waals surface area contributed by atoms with Gasteiger partial charge in [0.2, 0.25) is 5.91 Å². The molecule has 0 saturated carbocycles. The van der Waals surface area contributed by atoms with Crippen LogP contribution in [0.25, 0.3) is 0 Å². The molecular weight excluding hydrogens is 376 g/mol. The molecule has 0 bridgehead atoms. The van der Waals surface area contributed by atoms with E-state index in [9.17, 15) is 9.59 Å². The maximum Gasteiger partial charge on any atom is 0.254 e. The van der Waals surface area contributed by atoms with Crippen molar-refractivity contribution >= 4 is 17.5 Å². The number of carbonyl (C=O) groups excluding carboxylic acids is 2. The zero-order valence-electron chi connectivity index (χ0n) is 16.9. The number of rotatable bonds is 2. The van der Waals surface area contributed by atoms with Gasteiger partial charge in [-0.3, -0.25) is 19.6 Å². The summed E-state index contributed by atoms with van der Waals surface area (Å²) in [6.45, 7) is 4.25. The van der Waals surface area contributed by atoms with Crippen LogP contribution < -0.4 is 5.32 Å². The minimum Gasteiger partial charge on any atom is -0.330 e. The van der Waals surface area contributed by atoms with Crippen molar-refractivity contribution in [1.82, 2.24) is 14.9 Å². The average Bonchev–Trinajstić information content (AvgIpc) is 3.27. The Labute approximate surface area is 175 Å². The number of benzene rings is 1. The second-order valence-electron chi connectivity index (χ2n) is 8.05. The highest BCUT2D eigenvalue weighted by Gasteiger charge is 2.59. The fraction of sp³-hybridized carbons (Fsp3) is 0.250. The van der Waals surface area contributed by atoms with Crippen molar-refractivity contribution in [3.63, 3.8) is 0 Å². The van der Waals surface area contributed by atoms with Crippen LogP contribution in [0.15, 0.2) is 60.9 Å². The molecule has 0 aliphatic carbocycles. The van der Waals surface area contributed by atoms with E-state index in [0.29, 0.717) is 18.5 Å². The van der Waals surface area contributed by atoms with E-state index in [1.54, 1.807) is 12.4 Å². The van der Waals surface area contributed by atoms with Crippen LogP contribution in [-0.4, -0.2) is 33.2 Å². The molecule has 4 heterocycles. The molecule has 6 nitrogen and oxygen atoms in total. The first-order valence-corrected chi connectivity index (χ1v) is 10.1. The number of anilines is 1. The van der Waals surface area contributed by atoms with E-state index in [-0.39, 0.29) is 11.8 Å². The van der Waals surface area contributed by atoms with E-state index in [2.05, 4.69) is 15.3 Å². The van der Waals surface area contributed by atoms with Crippen LogP contribution in [0.4, 0.5) is 5.69 Å². The van der Waals surface area contributed by atoms with Crippen molar-refractivity contribution in [2.75, 3.05) is 11.9 Å². The smallest absolute Gasteiger partial charge is 0.254 e. The maximum absolute atomic E-state index is 13.6. The molecule has 2 unspecified atom stereocenters. The summed E-state index contributed by atoms with van der Waals surface area (Å²) < 4.78 is 0. The van der Waals surface area contributed by atoms with Gasteiger partial charge in [-0.2, -0.15) is 0 Å². The largest absolute Gasteiger partial charge is 0.330 e. The number of pyridine rings is 2. The number of para-hydroxylation sites is 1. The molecule has 5 rings (SSSR count). The number of amides is 2. The Morgan fingerprint density at radius 1 is 1.13 bits per heavy atom. The molecule has 6 heteroatoms. The Balaban J connectivity index is 1.67. The van der Waals surface area contributed by atoms with Crippen LogP contribution in [0.1, 0.15) is 45.3 Å². The molecule has 2 amide bonds. The number of fused-ring (bicyclic) bond motifs is 2. The van der Waals surface area contributed by atoms with Crippen molar-refractivity contribution in [2.24, 2.45) is 0 Å². The number of aromatic nitrogens is 2. The maximum atomic E-state index is 13.6. The van der Waals surface area contributed by atoms with Crippen LogP contribution in [0.2, 0.25) is 0 Å². The summed E-state index contributed by atoms with van der Waals surface area (Å²) >= 11 is 0. The van der Waals surface area contributed by atoms with Gasteiger partial charge in [0.05, 0.1) is 6.04 Å². The van der Waals surface area contributed by atoms with E-state index in [4.69, 9.17) is 0 Å². The highest BCUT2D eigenvalue weighted by atomic mass is 16.2. The van der Waals surface area contributed by atoms with E-state index >= 15 is 0 Å². The Morgan fingerprint density at radius 2 is 1.90 bits per heavy atom. The number of hydrogen-bond acceptors (Lipinski definition) is 4. The van der Waals surface area contributed by atoms with Crippen molar-refractivity contribution in [1.29, 1.82) is 0 Å². The summed E-state index contributed by atoms with van der Waals surface area (Å²) in [5, 5.41) is 3.04. The van der Waals surface area contributed by atoms with E-state index in [0.717, 1.165) is 28.2 Å². The molecule has 1 N–H and O–H groups in total. The molecule has 1 fully saturated rings. The van der Waals surface area contributed by atoms with Crippen molar-refractivity contribution in [2.45, 2.75) is 31.7 Å². The predicted octanol–water partition coefficient (Wildman–Crippen LogP) is 3.57. The van der Waals surface area contributed by atoms with Gasteiger partial charge in [0.1, 0.15) is 5.41 Å². The molecular formula is C24H22N4O2. The standard InChI is InChI=1S/C24H22N4O2/c1-15-12-18(13-16(2)26-15)22(29)28-11-9-24(21(28)17-6-5-10-25-14-17)19-7-3-4-8-20(19)27-23(24)30/h3-8,10,12-14,21H,9,11H2,1-2H3,(H,27,30). The van der Waals surface area contributed by atoms with Gasteiger partial charge < -0.3 is 10.2 Å². The zero-order valence-corrected chi connectivity index (χ0v) is 16.9. The fourth-order valence-electron chi connectivity index (χ4n) is 5.03. The van der Waals surface area contributed by atoms with Crippen LogP contribution in [0.5, 0.6) is 0 Å². The lowest BCUT2D eigenvalue weighted by Crippen LogP contribution is -2.42. The summed E-state index contributed by atoms with van der Waals surface area (Å²) in [5.74, 6) is -0.151. The number of aryl methyl sites for hydroxylation is 2. The van der Waals surface area contributed by atoms with Crippen LogP contribution in [0, 0.1) is 13.8 Å². The van der Waals surface area contributed by atoms with Gasteiger partial charge in [0.15, 0.2) is 0 Å². The van der Waals surface area contributed by atoms with Crippen molar-refractivity contribution < 1.29 is 9.59 Å². The second kappa shape index (κ2) is 6.76. The zero-order chi connectivity index (χ0) is 20.9. The van der Waals surface area contributed by atoms with Gasteiger partial charge in [0, 0.05) is 41.6 Å². The second-order valence-corrected chi connectivity index (χ2v) is 8.05. The third kappa shape index (κ3) is 2.64. The van der Waals surface area contributed by atoms with Crippen LogP contribution in [-0.2, 0) is 10.2 Å². The molecule has 1 saturated heterocycles. The first kappa shape index (κ1) is 18.5. The predicted molar refractivity (Wildman–Crippen MR) is 113 cm³/mol. The summed E-state index contributed by atoms with van der Waals surface area (Å²) in [6.07, 6.45) is 4.02. The number of nitrogens with zero attached hydrogens (tertiary/aromatic N) is 3. The molecule has 1 spiro atoms. The van der Waals surface area contributed by atoms with E-state index in [1.807, 2.05) is 67.3 Å². The van der Waals surface area contributed by atoms with Gasteiger partial charge >= 0.3 is 0 Å². The molecule has 0 radical (unpaired) electrons. The number of carbonyl (C=O) groups is 2. The summed E-state index contributed by atoms with van der Waals surface area (Å²) in [7, 11) is 0. The molecule has 150 valence electrons. The lowest BCUT2D eigenvalue weighted by Gasteiger charge is -2.34. The van der Waals surface area contributed by atoms with Gasteiger partial charge in [-0.05, 0) is 55.7 Å². The quantitative estimate of drug-likeness (QED) is 0.716. The third-order valence-electron chi connectivity index (χ3n) is 6.18. The average molecular weight is 398 g/mol. The Hall–Kier alpha value is -3.54. The van der Waals surface area contributed by atoms with Crippen molar-refractivity contribution in [3.05, 3.63) is 89.0 Å². The Bertz CT molecular complexity index is 1140. The summed E-state index contributed by atoms with van der Waals surface area (Å²) in [4.78, 5) is 37.5. The number of likely N-dealkylation sites (tertiary alicyclic amines) is 1. The first-order valence-electron chi connectivity index (χ1n) is 10.1. The number of nitrogens with one attached hydrogen (secondary N) is 1. The molecule has 1 aromatic carbocycles. The Kier molecular flexibility index (Phi) is 4.17. The lowest BCUT2D eigenvalue weighted by molar-refractivity contribution is -0.121. The van der Waals surface area contributed by atoms with Gasteiger partial charge in [0.25, 0.3) is 5.91 Å². The van der Waals surface area contributed by atoms with Gasteiger partial charge in [-0.25, -0.2) is 0 Å². The highest BCUT2D eigenvalue weighted by Crippen LogP contribution is 2.54. The molecule has 2 atom stereocenters. The molecule has 2 aromatic heterocycles. The molecule has 2 aliphatic heterocycles. The van der Waals surface area contributed by atoms with Crippen molar-refractivity contribution in [3.8, 4) is 0 Å². The summed E-state index contributed by atoms with van der Waals surface area (Å²) in [5.41, 5.74) is 3.99. The minimum absolute atomic E-state index is 0.0602.